The summed E-state index contributed by atoms with van der Waals surface area (Å²) in [5, 5.41) is 8.55. The minimum atomic E-state index is -0.314. The normalized spacial score (nSPS) is 12.7. The van der Waals surface area contributed by atoms with Gasteiger partial charge in [-0.1, -0.05) is 36.2 Å². The third kappa shape index (κ3) is 3.39. The molecule has 1 unspecified atom stereocenters. The fourth-order valence-electron chi connectivity index (χ4n) is 2.48. The van der Waals surface area contributed by atoms with E-state index in [2.05, 4.69) is 10.4 Å². The molecule has 1 aromatic carbocycles. The van der Waals surface area contributed by atoms with Crippen molar-refractivity contribution < 1.29 is 4.39 Å². The maximum absolute atomic E-state index is 14.2. The molecule has 0 aliphatic rings. The van der Waals surface area contributed by atoms with Crippen LogP contribution in [0, 0.1) is 12.7 Å². The summed E-state index contributed by atoms with van der Waals surface area (Å²) in [7, 11) is 1.79. The molecule has 0 saturated carbocycles. The standard InChI is InChI=1S/C15H18Cl2FN3/c1-4-19-13(14-11(16)6-5-7-12(14)18)8-10-9(2)20-21(3)15(10)17/h5-7,13,19H,4,8H2,1-3H3. The monoisotopic (exact) mass is 329 g/mol. The summed E-state index contributed by atoms with van der Waals surface area (Å²) in [5.41, 5.74) is 2.22. The Hall–Kier alpha value is -1.10. The molecule has 0 radical (unpaired) electrons. The molecule has 0 amide bonds. The van der Waals surface area contributed by atoms with Gasteiger partial charge in [0.25, 0.3) is 0 Å². The van der Waals surface area contributed by atoms with E-state index < -0.39 is 0 Å². The van der Waals surface area contributed by atoms with Crippen LogP contribution in [-0.4, -0.2) is 16.3 Å². The number of halogens is 3. The predicted molar refractivity (Wildman–Crippen MR) is 84.5 cm³/mol. The zero-order valence-electron chi connectivity index (χ0n) is 12.3. The number of hydrogen-bond acceptors (Lipinski definition) is 2. The van der Waals surface area contributed by atoms with E-state index in [-0.39, 0.29) is 11.9 Å². The number of hydrogen-bond donors (Lipinski definition) is 1. The number of aryl methyl sites for hydroxylation is 2. The Kier molecular flexibility index (Phi) is 5.25. The molecular formula is C15H18Cl2FN3. The first-order chi connectivity index (χ1) is 9.95. The molecule has 0 fully saturated rings. The van der Waals surface area contributed by atoms with Gasteiger partial charge < -0.3 is 5.32 Å². The van der Waals surface area contributed by atoms with E-state index in [0.717, 1.165) is 11.3 Å². The van der Waals surface area contributed by atoms with Crippen LogP contribution < -0.4 is 5.32 Å². The van der Waals surface area contributed by atoms with Gasteiger partial charge in [-0.25, -0.2) is 4.39 Å². The highest BCUT2D eigenvalue weighted by Crippen LogP contribution is 2.31. The molecule has 3 nitrogen and oxygen atoms in total. The lowest BCUT2D eigenvalue weighted by molar-refractivity contribution is 0.509. The highest BCUT2D eigenvalue weighted by Gasteiger charge is 2.22. The van der Waals surface area contributed by atoms with Crippen LogP contribution in [0.3, 0.4) is 0 Å². The van der Waals surface area contributed by atoms with Crippen LogP contribution in [0.2, 0.25) is 10.2 Å². The molecule has 114 valence electrons. The quantitative estimate of drug-likeness (QED) is 0.896. The molecule has 2 aromatic rings. The minimum absolute atomic E-state index is 0.246. The lowest BCUT2D eigenvalue weighted by Gasteiger charge is -2.20. The largest absolute Gasteiger partial charge is 0.310 e. The van der Waals surface area contributed by atoms with E-state index in [1.54, 1.807) is 23.9 Å². The van der Waals surface area contributed by atoms with Crippen LogP contribution in [0.1, 0.15) is 29.8 Å². The van der Waals surface area contributed by atoms with Gasteiger partial charge in [-0.15, -0.1) is 0 Å². The summed E-state index contributed by atoms with van der Waals surface area (Å²) in [6.45, 7) is 4.57. The molecular weight excluding hydrogens is 312 g/mol. The Balaban J connectivity index is 2.40. The van der Waals surface area contributed by atoms with Crippen molar-refractivity contribution in [1.29, 1.82) is 0 Å². The molecule has 0 saturated heterocycles. The number of nitrogens with one attached hydrogen (secondary N) is 1. The maximum atomic E-state index is 14.2. The van der Waals surface area contributed by atoms with Crippen LogP contribution in [0.25, 0.3) is 0 Å². The summed E-state index contributed by atoms with van der Waals surface area (Å²) in [6, 6.07) is 4.47. The first-order valence-electron chi connectivity index (χ1n) is 6.81. The van der Waals surface area contributed by atoms with Gasteiger partial charge in [0.05, 0.1) is 5.69 Å². The van der Waals surface area contributed by atoms with E-state index in [1.165, 1.54) is 6.07 Å². The van der Waals surface area contributed by atoms with E-state index in [1.807, 2.05) is 13.8 Å². The van der Waals surface area contributed by atoms with Crippen molar-refractivity contribution in [3.05, 3.63) is 51.0 Å². The second-order valence-electron chi connectivity index (χ2n) is 4.93. The molecule has 0 aliphatic carbocycles. The molecule has 2 rings (SSSR count). The maximum Gasteiger partial charge on any atom is 0.130 e. The van der Waals surface area contributed by atoms with Crippen LogP contribution in [0.5, 0.6) is 0 Å². The van der Waals surface area contributed by atoms with Crippen LogP contribution in [-0.2, 0) is 13.5 Å². The second kappa shape index (κ2) is 6.77. The average molecular weight is 330 g/mol. The first-order valence-corrected chi connectivity index (χ1v) is 7.56. The first kappa shape index (κ1) is 16.3. The Bertz CT molecular complexity index is 620. The number of benzene rings is 1. The van der Waals surface area contributed by atoms with Gasteiger partial charge in [-0.2, -0.15) is 5.10 Å². The van der Waals surface area contributed by atoms with Crippen molar-refractivity contribution in [2.24, 2.45) is 7.05 Å². The molecule has 1 atom stereocenters. The van der Waals surface area contributed by atoms with Gasteiger partial charge in [0.2, 0.25) is 0 Å². The Morgan fingerprint density at radius 1 is 1.38 bits per heavy atom. The molecule has 0 aliphatic heterocycles. The topological polar surface area (TPSA) is 29.9 Å². The summed E-state index contributed by atoms with van der Waals surface area (Å²) < 4.78 is 15.8. The molecule has 1 heterocycles. The number of rotatable bonds is 5. The lowest BCUT2D eigenvalue weighted by atomic mass is 9.98. The van der Waals surface area contributed by atoms with Gasteiger partial charge in [-0.05, 0) is 32.0 Å². The molecule has 0 bridgehead atoms. The van der Waals surface area contributed by atoms with Gasteiger partial charge in [0, 0.05) is 29.2 Å². The van der Waals surface area contributed by atoms with Crippen molar-refractivity contribution in [2.75, 3.05) is 6.54 Å². The SMILES string of the molecule is CCNC(Cc1c(C)nn(C)c1Cl)c1c(F)cccc1Cl. The highest BCUT2D eigenvalue weighted by atomic mass is 35.5. The summed E-state index contributed by atoms with van der Waals surface area (Å²) in [6.07, 6.45) is 0.535. The molecule has 1 aromatic heterocycles. The van der Waals surface area contributed by atoms with Gasteiger partial charge in [0.1, 0.15) is 11.0 Å². The fraction of sp³-hybridized carbons (Fsp3) is 0.400. The van der Waals surface area contributed by atoms with Crippen molar-refractivity contribution in [1.82, 2.24) is 15.1 Å². The van der Waals surface area contributed by atoms with Crippen LogP contribution >= 0.6 is 23.2 Å². The van der Waals surface area contributed by atoms with Gasteiger partial charge in [0.15, 0.2) is 0 Å². The number of nitrogens with zero attached hydrogens (tertiary/aromatic N) is 2. The van der Waals surface area contributed by atoms with E-state index in [4.69, 9.17) is 23.2 Å². The number of aromatic nitrogens is 2. The van der Waals surface area contributed by atoms with Crippen LogP contribution in [0.4, 0.5) is 4.39 Å². The van der Waals surface area contributed by atoms with Crippen molar-refractivity contribution in [2.45, 2.75) is 26.3 Å². The minimum Gasteiger partial charge on any atom is -0.310 e. The van der Waals surface area contributed by atoms with Crippen molar-refractivity contribution >= 4 is 23.2 Å². The third-order valence-corrected chi connectivity index (χ3v) is 4.28. The highest BCUT2D eigenvalue weighted by molar-refractivity contribution is 6.31. The van der Waals surface area contributed by atoms with Gasteiger partial charge in [-0.3, -0.25) is 4.68 Å². The van der Waals surface area contributed by atoms with Crippen LogP contribution in [0.15, 0.2) is 18.2 Å². The zero-order chi connectivity index (χ0) is 15.6. The Labute approximate surface area is 134 Å². The molecule has 1 N–H and O–H groups in total. The van der Waals surface area contributed by atoms with E-state index in [9.17, 15) is 4.39 Å². The Morgan fingerprint density at radius 3 is 2.62 bits per heavy atom. The molecule has 6 heteroatoms. The van der Waals surface area contributed by atoms with Crippen molar-refractivity contribution in [3.63, 3.8) is 0 Å². The zero-order valence-corrected chi connectivity index (χ0v) is 13.8. The van der Waals surface area contributed by atoms with E-state index in [0.29, 0.717) is 28.7 Å². The van der Waals surface area contributed by atoms with Gasteiger partial charge >= 0.3 is 0 Å². The molecule has 0 spiro atoms. The second-order valence-corrected chi connectivity index (χ2v) is 5.69. The van der Waals surface area contributed by atoms with E-state index >= 15 is 0 Å². The lowest BCUT2D eigenvalue weighted by Crippen LogP contribution is -2.24. The summed E-state index contributed by atoms with van der Waals surface area (Å²) >= 11 is 12.4. The molecule has 21 heavy (non-hydrogen) atoms. The summed E-state index contributed by atoms with van der Waals surface area (Å²) in [4.78, 5) is 0. The average Bonchev–Trinajstić information content (AvgIpc) is 2.65. The fourth-order valence-corrected chi connectivity index (χ4v) is 3.02. The summed E-state index contributed by atoms with van der Waals surface area (Å²) in [5.74, 6) is -0.314. The smallest absolute Gasteiger partial charge is 0.130 e. The Morgan fingerprint density at radius 2 is 2.10 bits per heavy atom. The number of likely N-dealkylation sites (N-methyl/N-ethyl adjacent to an activating group) is 1. The van der Waals surface area contributed by atoms with Crippen molar-refractivity contribution in [3.8, 4) is 0 Å². The third-order valence-electron chi connectivity index (χ3n) is 3.48. The predicted octanol–water partition coefficient (Wildman–Crippen LogP) is 4.07.